The van der Waals surface area contributed by atoms with Gasteiger partial charge < -0.3 is 4.90 Å². The fourth-order valence-corrected chi connectivity index (χ4v) is 4.64. The van der Waals surface area contributed by atoms with Gasteiger partial charge in [-0.05, 0) is 30.7 Å². The molecule has 106 valence electrons. The Bertz CT molecular complexity index is 761. The molecule has 1 saturated heterocycles. The highest BCUT2D eigenvalue weighted by atomic mass is 35.5. The summed E-state index contributed by atoms with van der Waals surface area (Å²) in [5, 5.41) is 1.60. The van der Waals surface area contributed by atoms with Crippen LogP contribution in [0, 0.1) is 0 Å². The van der Waals surface area contributed by atoms with Crippen molar-refractivity contribution in [2.45, 2.75) is 12.5 Å². The first-order valence-corrected chi connectivity index (χ1v) is 8.64. The zero-order valence-electron chi connectivity index (χ0n) is 11.1. The van der Waals surface area contributed by atoms with Crippen LogP contribution in [-0.2, 0) is 9.84 Å². The summed E-state index contributed by atoms with van der Waals surface area (Å²) in [6.07, 6.45) is 2.41. The Morgan fingerprint density at radius 3 is 2.85 bits per heavy atom. The Labute approximate surface area is 123 Å². The quantitative estimate of drug-likeness (QED) is 0.855. The minimum Gasteiger partial charge on any atom is -0.370 e. The Morgan fingerprint density at radius 1 is 1.35 bits per heavy atom. The van der Waals surface area contributed by atoms with E-state index < -0.39 is 9.84 Å². The summed E-state index contributed by atoms with van der Waals surface area (Å²) in [6.45, 7) is 0. The summed E-state index contributed by atoms with van der Waals surface area (Å²) < 4.78 is 23.3. The van der Waals surface area contributed by atoms with Gasteiger partial charge in [0.2, 0.25) is 0 Å². The molecule has 1 aromatic heterocycles. The summed E-state index contributed by atoms with van der Waals surface area (Å²) in [5.41, 5.74) is 1.83. The van der Waals surface area contributed by atoms with E-state index in [0.29, 0.717) is 11.4 Å². The number of anilines is 1. The lowest BCUT2D eigenvalue weighted by Crippen LogP contribution is -2.32. The third kappa shape index (κ3) is 2.47. The Morgan fingerprint density at radius 2 is 2.15 bits per heavy atom. The second kappa shape index (κ2) is 4.90. The van der Waals surface area contributed by atoms with Crippen LogP contribution in [0.4, 0.5) is 5.69 Å². The van der Waals surface area contributed by atoms with Crippen LogP contribution in [0.2, 0.25) is 5.02 Å². The highest BCUT2D eigenvalue weighted by molar-refractivity contribution is 7.91. The maximum absolute atomic E-state index is 11.6. The molecular weight excluding hydrogens is 296 g/mol. The van der Waals surface area contributed by atoms with Crippen LogP contribution in [0.3, 0.4) is 0 Å². The number of pyridine rings is 1. The molecule has 0 spiro atoms. The Hall–Kier alpha value is -1.33. The fourth-order valence-electron chi connectivity index (χ4n) is 2.69. The largest absolute Gasteiger partial charge is 0.370 e. The molecule has 0 radical (unpaired) electrons. The molecule has 0 aliphatic carbocycles. The summed E-state index contributed by atoms with van der Waals surface area (Å²) in [4.78, 5) is 6.35. The van der Waals surface area contributed by atoms with Gasteiger partial charge in [-0.2, -0.15) is 0 Å². The van der Waals surface area contributed by atoms with E-state index in [9.17, 15) is 8.42 Å². The zero-order chi connectivity index (χ0) is 14.3. The number of fused-ring (bicyclic) bond motifs is 1. The van der Waals surface area contributed by atoms with Crippen molar-refractivity contribution in [2.75, 3.05) is 23.5 Å². The molecule has 1 unspecified atom stereocenters. The van der Waals surface area contributed by atoms with Crippen LogP contribution >= 0.6 is 11.6 Å². The van der Waals surface area contributed by atoms with Crippen LogP contribution in [0.1, 0.15) is 6.42 Å². The molecular formula is C14H15ClN2O2S. The molecule has 0 N–H and O–H groups in total. The predicted octanol–water partition coefficient (Wildman–Crippen LogP) is 2.51. The molecule has 6 heteroatoms. The first kappa shape index (κ1) is 13.6. The number of hydrogen-bond acceptors (Lipinski definition) is 4. The van der Waals surface area contributed by atoms with Gasteiger partial charge in [0.15, 0.2) is 9.84 Å². The van der Waals surface area contributed by atoms with E-state index in [1.807, 2.05) is 30.1 Å². The maximum Gasteiger partial charge on any atom is 0.152 e. The second-order valence-electron chi connectivity index (χ2n) is 5.16. The van der Waals surface area contributed by atoms with Gasteiger partial charge in [0.1, 0.15) is 0 Å². The summed E-state index contributed by atoms with van der Waals surface area (Å²) in [5.74, 6) is 0.486. The Kier molecular flexibility index (Phi) is 3.34. The maximum atomic E-state index is 11.6. The van der Waals surface area contributed by atoms with Crippen LogP contribution in [-0.4, -0.2) is 38.0 Å². The average molecular weight is 311 g/mol. The lowest BCUT2D eigenvalue weighted by molar-refractivity contribution is 0.601. The van der Waals surface area contributed by atoms with Crippen LogP contribution < -0.4 is 4.90 Å². The third-order valence-electron chi connectivity index (χ3n) is 3.82. The summed E-state index contributed by atoms with van der Waals surface area (Å²) in [6, 6.07) is 7.48. The number of halogens is 1. The van der Waals surface area contributed by atoms with Crippen molar-refractivity contribution in [1.82, 2.24) is 4.98 Å². The summed E-state index contributed by atoms with van der Waals surface area (Å²) >= 11 is 6.06. The molecule has 0 amide bonds. The minimum atomic E-state index is -2.89. The zero-order valence-corrected chi connectivity index (χ0v) is 12.7. The SMILES string of the molecule is CN(c1ccnc2ccc(Cl)cc12)C1CCS(=O)(=O)C1. The van der Waals surface area contributed by atoms with Crippen LogP contribution in [0.5, 0.6) is 0 Å². The standard InChI is InChI=1S/C14H15ClN2O2S/c1-17(11-5-7-20(18,19)9-11)14-4-6-16-13-3-2-10(15)8-12(13)14/h2-4,6,8,11H,5,7,9H2,1H3. The predicted molar refractivity (Wildman–Crippen MR) is 82.2 cm³/mol. The number of nitrogens with zero attached hydrogens (tertiary/aromatic N) is 2. The van der Waals surface area contributed by atoms with Gasteiger partial charge in [-0.1, -0.05) is 11.6 Å². The number of sulfone groups is 1. The molecule has 3 rings (SSSR count). The first-order valence-electron chi connectivity index (χ1n) is 6.44. The molecule has 4 nitrogen and oxygen atoms in total. The van der Waals surface area contributed by atoms with Crippen LogP contribution in [0.15, 0.2) is 30.5 Å². The van der Waals surface area contributed by atoms with Crippen molar-refractivity contribution < 1.29 is 8.42 Å². The monoisotopic (exact) mass is 310 g/mol. The number of benzene rings is 1. The molecule has 0 bridgehead atoms. The number of aromatic nitrogens is 1. The molecule has 0 saturated carbocycles. The molecule has 1 atom stereocenters. The van der Waals surface area contributed by atoms with Crippen molar-refractivity contribution in [1.29, 1.82) is 0 Å². The molecule has 1 fully saturated rings. The van der Waals surface area contributed by atoms with Crippen molar-refractivity contribution in [3.63, 3.8) is 0 Å². The molecule has 1 aliphatic heterocycles. The van der Waals surface area contributed by atoms with E-state index in [0.717, 1.165) is 16.6 Å². The van der Waals surface area contributed by atoms with Gasteiger partial charge in [-0.15, -0.1) is 0 Å². The molecule has 2 aromatic rings. The van der Waals surface area contributed by atoms with E-state index >= 15 is 0 Å². The summed E-state index contributed by atoms with van der Waals surface area (Å²) in [7, 11) is -0.962. The van der Waals surface area contributed by atoms with E-state index in [1.54, 1.807) is 12.3 Å². The van der Waals surface area contributed by atoms with E-state index in [-0.39, 0.29) is 17.5 Å². The normalized spacial score (nSPS) is 21.2. The highest BCUT2D eigenvalue weighted by Gasteiger charge is 2.31. The fraction of sp³-hybridized carbons (Fsp3) is 0.357. The molecule has 2 heterocycles. The molecule has 1 aromatic carbocycles. The van der Waals surface area contributed by atoms with Crippen molar-refractivity contribution in [3.8, 4) is 0 Å². The lowest BCUT2D eigenvalue weighted by Gasteiger charge is -2.26. The first-order chi connectivity index (χ1) is 9.46. The van der Waals surface area contributed by atoms with E-state index in [2.05, 4.69) is 4.98 Å². The molecule has 20 heavy (non-hydrogen) atoms. The van der Waals surface area contributed by atoms with Crippen LogP contribution in [0.25, 0.3) is 10.9 Å². The number of hydrogen-bond donors (Lipinski definition) is 0. The van der Waals surface area contributed by atoms with E-state index in [4.69, 9.17) is 11.6 Å². The van der Waals surface area contributed by atoms with Gasteiger partial charge in [0, 0.05) is 35.4 Å². The van der Waals surface area contributed by atoms with Crippen molar-refractivity contribution in [2.24, 2.45) is 0 Å². The third-order valence-corrected chi connectivity index (χ3v) is 5.80. The van der Waals surface area contributed by atoms with Gasteiger partial charge in [0.25, 0.3) is 0 Å². The van der Waals surface area contributed by atoms with Gasteiger partial charge >= 0.3 is 0 Å². The smallest absolute Gasteiger partial charge is 0.152 e. The number of rotatable bonds is 2. The lowest BCUT2D eigenvalue weighted by atomic mass is 10.1. The highest BCUT2D eigenvalue weighted by Crippen LogP contribution is 2.30. The van der Waals surface area contributed by atoms with Gasteiger partial charge in [-0.25, -0.2) is 8.42 Å². The topological polar surface area (TPSA) is 50.3 Å². The van der Waals surface area contributed by atoms with E-state index in [1.165, 1.54) is 0 Å². The van der Waals surface area contributed by atoms with Crippen molar-refractivity contribution >= 4 is 38.0 Å². The Balaban J connectivity index is 2.03. The average Bonchev–Trinajstić information content (AvgIpc) is 2.77. The van der Waals surface area contributed by atoms with Gasteiger partial charge in [0.05, 0.1) is 17.0 Å². The molecule has 1 aliphatic rings. The van der Waals surface area contributed by atoms with Crippen molar-refractivity contribution in [3.05, 3.63) is 35.5 Å². The van der Waals surface area contributed by atoms with Gasteiger partial charge in [-0.3, -0.25) is 4.98 Å². The second-order valence-corrected chi connectivity index (χ2v) is 7.82. The minimum absolute atomic E-state index is 0.0181.